The predicted octanol–water partition coefficient (Wildman–Crippen LogP) is 14.9. The molecule has 11 rings (SSSR count). The Hall–Kier alpha value is -7.16. The highest BCUT2D eigenvalue weighted by Gasteiger charge is 2.42. The van der Waals surface area contributed by atoms with E-state index in [-0.39, 0.29) is 5.41 Å². The molecule has 0 bridgehead atoms. The summed E-state index contributed by atoms with van der Waals surface area (Å²) < 4.78 is 7.23. The van der Waals surface area contributed by atoms with Gasteiger partial charge in [-0.1, -0.05) is 170 Å². The van der Waals surface area contributed by atoms with Gasteiger partial charge in [0.25, 0.3) is 0 Å². The molecule has 0 saturated heterocycles. The van der Waals surface area contributed by atoms with Crippen LogP contribution in [0.3, 0.4) is 0 Å². The van der Waals surface area contributed by atoms with Crippen LogP contribution in [0.2, 0.25) is 0 Å². The summed E-state index contributed by atoms with van der Waals surface area (Å²) >= 11 is 0. The van der Waals surface area contributed by atoms with E-state index >= 15 is 0 Å². The van der Waals surface area contributed by atoms with Crippen molar-refractivity contribution in [2.24, 2.45) is 0 Å². The summed E-state index contributed by atoms with van der Waals surface area (Å²) in [7, 11) is 0. The number of fused-ring (bicyclic) bond motifs is 7. The van der Waals surface area contributed by atoms with Crippen LogP contribution in [-0.2, 0) is 5.41 Å². The molecule has 1 aliphatic carbocycles. The average molecular weight is 716 g/mol. The van der Waals surface area contributed by atoms with Gasteiger partial charge in [-0.05, 0) is 98.6 Å². The molecule has 0 radical (unpaired) electrons. The molecule has 0 saturated carbocycles. The molecule has 0 fully saturated rings. The fraction of sp³-hybridized carbons (Fsp3) is 0.0370. The van der Waals surface area contributed by atoms with Gasteiger partial charge >= 0.3 is 0 Å². The Morgan fingerprint density at radius 1 is 0.375 bits per heavy atom. The smallest absolute Gasteiger partial charge is 0.159 e. The van der Waals surface area contributed by atoms with Gasteiger partial charge in [0, 0.05) is 33.1 Å². The van der Waals surface area contributed by atoms with Crippen molar-refractivity contribution in [1.82, 2.24) is 0 Å². The first kappa shape index (κ1) is 32.3. The molecule has 0 amide bonds. The topological polar surface area (TPSA) is 16.4 Å². The Bertz CT molecular complexity index is 3040. The Morgan fingerprint density at radius 3 is 1.55 bits per heavy atom. The van der Waals surface area contributed by atoms with Crippen LogP contribution in [0.25, 0.3) is 66.1 Å². The molecule has 1 aliphatic rings. The first-order valence-corrected chi connectivity index (χ1v) is 19.3. The van der Waals surface area contributed by atoms with Crippen molar-refractivity contribution in [2.45, 2.75) is 12.3 Å². The van der Waals surface area contributed by atoms with Gasteiger partial charge in [-0.15, -0.1) is 0 Å². The fourth-order valence-electron chi connectivity index (χ4n) is 9.15. The summed E-state index contributed by atoms with van der Waals surface area (Å²) in [5, 5.41) is 4.70. The zero-order chi connectivity index (χ0) is 37.2. The lowest BCUT2D eigenvalue weighted by atomic mass is 9.74. The van der Waals surface area contributed by atoms with Crippen LogP contribution in [0.4, 0.5) is 17.1 Å². The van der Waals surface area contributed by atoms with Crippen molar-refractivity contribution in [3.8, 4) is 33.4 Å². The number of rotatable bonds is 6. The third-order valence-electron chi connectivity index (χ3n) is 11.9. The standard InChI is InChI=1S/C54H37NO/c1-54(48-21-9-7-17-44(48)45-18-8-10-22-49(45)54)50-23-11-19-46-47-20-12-24-51(53(47)56-52(46)50)55(42-31-27-38(28-32-42)36-13-3-2-4-14-36)43-33-29-39(30-34-43)41-26-25-37-15-5-6-16-40(37)35-41/h2-35H,1H3. The highest BCUT2D eigenvalue weighted by Crippen LogP contribution is 2.54. The van der Waals surface area contributed by atoms with E-state index in [2.05, 4.69) is 218 Å². The minimum absolute atomic E-state index is 0.383. The molecular weight excluding hydrogens is 679 g/mol. The van der Waals surface area contributed by atoms with Crippen LogP contribution >= 0.6 is 0 Å². The third kappa shape index (κ3) is 4.96. The van der Waals surface area contributed by atoms with Crippen molar-refractivity contribution >= 4 is 49.8 Å². The van der Waals surface area contributed by atoms with Gasteiger partial charge in [0.1, 0.15) is 5.58 Å². The van der Waals surface area contributed by atoms with Crippen molar-refractivity contribution in [3.05, 3.63) is 223 Å². The lowest BCUT2D eigenvalue weighted by Crippen LogP contribution is -2.22. The van der Waals surface area contributed by atoms with Gasteiger partial charge in [0.2, 0.25) is 0 Å². The summed E-state index contributed by atoms with van der Waals surface area (Å²) in [5.74, 6) is 0. The zero-order valence-corrected chi connectivity index (χ0v) is 31.0. The van der Waals surface area contributed by atoms with Crippen molar-refractivity contribution in [1.29, 1.82) is 0 Å². The maximum absolute atomic E-state index is 7.23. The molecule has 0 spiro atoms. The Balaban J connectivity index is 1.09. The van der Waals surface area contributed by atoms with Crippen LogP contribution in [0.1, 0.15) is 23.6 Å². The van der Waals surface area contributed by atoms with E-state index in [4.69, 9.17) is 4.42 Å². The first-order valence-electron chi connectivity index (χ1n) is 19.3. The molecule has 2 nitrogen and oxygen atoms in total. The van der Waals surface area contributed by atoms with Crippen molar-refractivity contribution < 1.29 is 4.42 Å². The summed E-state index contributed by atoms with van der Waals surface area (Å²) in [6, 6.07) is 74.5. The number of hydrogen-bond acceptors (Lipinski definition) is 2. The molecular formula is C54H37NO. The monoisotopic (exact) mass is 715 g/mol. The van der Waals surface area contributed by atoms with E-state index in [1.54, 1.807) is 0 Å². The van der Waals surface area contributed by atoms with Gasteiger partial charge in [-0.3, -0.25) is 0 Å². The lowest BCUT2D eigenvalue weighted by Gasteiger charge is -2.28. The van der Waals surface area contributed by atoms with Crippen molar-refractivity contribution in [3.63, 3.8) is 0 Å². The van der Waals surface area contributed by atoms with E-state index in [0.717, 1.165) is 39.0 Å². The Kier molecular flexibility index (Phi) is 7.33. The molecule has 0 aliphatic heterocycles. The number of nitrogens with zero attached hydrogens (tertiary/aromatic N) is 1. The molecule has 2 heteroatoms. The minimum atomic E-state index is -0.383. The van der Waals surface area contributed by atoms with E-state index in [1.165, 1.54) is 60.8 Å². The molecule has 0 unspecified atom stereocenters. The maximum Gasteiger partial charge on any atom is 0.159 e. The summed E-state index contributed by atoms with van der Waals surface area (Å²) in [6.45, 7) is 2.36. The van der Waals surface area contributed by atoms with E-state index in [1.807, 2.05) is 0 Å². The maximum atomic E-state index is 7.23. The van der Waals surface area contributed by atoms with Gasteiger partial charge in [0.15, 0.2) is 5.58 Å². The van der Waals surface area contributed by atoms with Crippen LogP contribution in [-0.4, -0.2) is 0 Å². The summed E-state index contributed by atoms with van der Waals surface area (Å²) in [4.78, 5) is 2.34. The molecule has 0 N–H and O–H groups in total. The van der Waals surface area contributed by atoms with E-state index in [0.29, 0.717) is 0 Å². The SMILES string of the molecule is CC1(c2cccc3c2oc2c(N(c4ccc(-c5ccccc5)cc4)c4ccc(-c5ccc6ccccc6c5)cc4)cccc23)c2ccccc2-c2ccccc21. The molecule has 0 atom stereocenters. The van der Waals surface area contributed by atoms with Gasteiger partial charge in [-0.2, -0.15) is 0 Å². The van der Waals surface area contributed by atoms with Crippen LogP contribution in [0.5, 0.6) is 0 Å². The van der Waals surface area contributed by atoms with Crippen molar-refractivity contribution in [2.75, 3.05) is 4.90 Å². The molecule has 56 heavy (non-hydrogen) atoms. The molecule has 264 valence electrons. The zero-order valence-electron chi connectivity index (χ0n) is 31.0. The van der Waals surface area contributed by atoms with Gasteiger partial charge in [0.05, 0.1) is 5.69 Å². The molecule has 10 aromatic rings. The predicted molar refractivity (Wildman–Crippen MR) is 234 cm³/mol. The Morgan fingerprint density at radius 2 is 0.875 bits per heavy atom. The van der Waals surface area contributed by atoms with Crippen LogP contribution in [0.15, 0.2) is 211 Å². The van der Waals surface area contributed by atoms with Crippen LogP contribution in [0, 0.1) is 0 Å². The minimum Gasteiger partial charge on any atom is -0.454 e. The second kappa shape index (κ2) is 12.7. The van der Waals surface area contributed by atoms with E-state index < -0.39 is 0 Å². The van der Waals surface area contributed by atoms with Crippen LogP contribution < -0.4 is 4.90 Å². The fourth-order valence-corrected chi connectivity index (χ4v) is 9.15. The number of hydrogen-bond donors (Lipinski definition) is 0. The normalized spacial score (nSPS) is 12.9. The number of benzene rings is 9. The lowest BCUT2D eigenvalue weighted by molar-refractivity contribution is 0.638. The van der Waals surface area contributed by atoms with Gasteiger partial charge < -0.3 is 9.32 Å². The average Bonchev–Trinajstić information content (AvgIpc) is 3.78. The largest absolute Gasteiger partial charge is 0.454 e. The number of para-hydroxylation sites is 2. The molecule has 1 aromatic heterocycles. The third-order valence-corrected chi connectivity index (χ3v) is 11.9. The summed E-state index contributed by atoms with van der Waals surface area (Å²) in [6.07, 6.45) is 0. The highest BCUT2D eigenvalue weighted by atomic mass is 16.3. The van der Waals surface area contributed by atoms with Gasteiger partial charge in [-0.25, -0.2) is 0 Å². The highest BCUT2D eigenvalue weighted by molar-refractivity contribution is 6.11. The quantitative estimate of drug-likeness (QED) is 0.170. The molecule has 9 aromatic carbocycles. The Labute approximate surface area is 326 Å². The second-order valence-corrected chi connectivity index (χ2v) is 15.0. The second-order valence-electron chi connectivity index (χ2n) is 15.0. The first-order chi connectivity index (χ1) is 27.6. The number of furan rings is 1. The molecule has 1 heterocycles. The van der Waals surface area contributed by atoms with E-state index in [9.17, 15) is 0 Å². The summed E-state index contributed by atoms with van der Waals surface area (Å²) in [5.41, 5.74) is 15.6. The number of anilines is 3.